The van der Waals surface area contributed by atoms with Crippen molar-refractivity contribution in [1.82, 2.24) is 5.32 Å². The molecule has 0 saturated heterocycles. The summed E-state index contributed by atoms with van der Waals surface area (Å²) in [4.78, 5) is 9.24. The van der Waals surface area contributed by atoms with Gasteiger partial charge >= 0.3 is 0 Å². The molecule has 0 fully saturated rings. The van der Waals surface area contributed by atoms with Crippen molar-refractivity contribution in [2.24, 2.45) is 0 Å². The van der Waals surface area contributed by atoms with Crippen LogP contribution in [0.5, 0.6) is 0 Å². The Morgan fingerprint density at radius 3 is 2.38 bits per heavy atom. The van der Waals surface area contributed by atoms with E-state index >= 15 is 0 Å². The topological polar surface area (TPSA) is 29.1 Å². The summed E-state index contributed by atoms with van der Waals surface area (Å²) in [7, 11) is 0. The average Bonchev–Trinajstić information content (AvgIpc) is 1.67. The summed E-state index contributed by atoms with van der Waals surface area (Å²) in [5.74, 6) is -0.497. The van der Waals surface area contributed by atoms with Gasteiger partial charge in [-0.15, -0.1) is 0 Å². The summed E-state index contributed by atoms with van der Waals surface area (Å²) >= 11 is 14.5. The summed E-state index contributed by atoms with van der Waals surface area (Å²) in [6.45, 7) is 0. The van der Waals surface area contributed by atoms with Crippen molar-refractivity contribution < 1.29 is 4.79 Å². The van der Waals surface area contributed by atoms with E-state index in [0.29, 0.717) is 0 Å². The van der Waals surface area contributed by atoms with Crippen LogP contribution in [0.1, 0.15) is 0 Å². The molecular weight excluding hydrogens is 169 g/mol. The minimum Gasteiger partial charge on any atom is -0.321 e. The highest BCUT2D eigenvalue weighted by Gasteiger charge is 2.07. The van der Waals surface area contributed by atoms with E-state index in [2.05, 4.69) is 17.5 Å². The Morgan fingerprint density at radius 1 is 1.75 bits per heavy atom. The van der Waals surface area contributed by atoms with Crippen LogP contribution in [0.15, 0.2) is 0 Å². The molecule has 0 aliphatic carbocycles. The number of hydrogen-bond donors (Lipinski definition) is 1. The zero-order valence-electron chi connectivity index (χ0n) is 3.73. The monoisotopic (exact) mass is 171 g/mol. The molecule has 46 valence electrons. The number of amides is 1. The second-order valence-corrected chi connectivity index (χ2v) is 2.26. The zero-order chi connectivity index (χ0) is 6.57. The number of nitrogens with one attached hydrogen (secondary N) is 1. The van der Waals surface area contributed by atoms with E-state index in [0.717, 1.165) is 5.49 Å². The highest BCUT2D eigenvalue weighted by atomic mass is 35.5. The van der Waals surface area contributed by atoms with Gasteiger partial charge < -0.3 is 5.32 Å². The molecule has 0 atom stereocenters. The standard InChI is InChI=1S/C3H3Cl2NOS/c4-2(5)3(7)6-1-8/h1-2H,(H,6,7,8). The van der Waals surface area contributed by atoms with Crippen LogP contribution in [-0.4, -0.2) is 16.2 Å². The number of alkyl halides is 2. The van der Waals surface area contributed by atoms with E-state index < -0.39 is 10.7 Å². The van der Waals surface area contributed by atoms with Crippen LogP contribution in [0.4, 0.5) is 0 Å². The smallest absolute Gasteiger partial charge is 0.257 e. The van der Waals surface area contributed by atoms with Crippen LogP contribution in [-0.2, 0) is 4.79 Å². The molecule has 0 aromatic heterocycles. The quantitative estimate of drug-likeness (QED) is 0.494. The SMILES string of the molecule is O=C(NC=S)C(Cl)Cl. The first-order valence-corrected chi connectivity index (χ1v) is 3.05. The minimum atomic E-state index is -1.03. The lowest BCUT2D eigenvalue weighted by atomic mass is 10.7. The number of hydrogen-bond acceptors (Lipinski definition) is 2. The molecule has 0 radical (unpaired) electrons. The van der Waals surface area contributed by atoms with E-state index in [-0.39, 0.29) is 0 Å². The van der Waals surface area contributed by atoms with E-state index in [4.69, 9.17) is 23.2 Å². The highest BCUT2D eigenvalue weighted by Crippen LogP contribution is 1.98. The van der Waals surface area contributed by atoms with Crippen molar-refractivity contribution in [3.05, 3.63) is 0 Å². The Hall–Kier alpha value is 0.140. The molecule has 0 aliphatic heterocycles. The number of thiocarbonyl (C=S) groups is 1. The number of carbonyl (C=O) groups excluding carboxylic acids is 1. The maximum atomic E-state index is 10.3. The maximum absolute atomic E-state index is 10.3. The predicted octanol–water partition coefficient (Wildman–Crippen LogP) is 0.863. The molecule has 0 spiro atoms. The average molecular weight is 172 g/mol. The second kappa shape index (κ2) is 4.06. The normalized spacial score (nSPS) is 8.88. The van der Waals surface area contributed by atoms with E-state index in [1.54, 1.807) is 0 Å². The van der Waals surface area contributed by atoms with Crippen LogP contribution in [0.25, 0.3) is 0 Å². The van der Waals surface area contributed by atoms with Crippen molar-refractivity contribution in [2.75, 3.05) is 0 Å². The second-order valence-electron chi connectivity index (χ2n) is 0.927. The van der Waals surface area contributed by atoms with E-state index in [1.807, 2.05) is 0 Å². The molecule has 0 aromatic rings. The first-order valence-electron chi connectivity index (χ1n) is 1.70. The Balaban J connectivity index is 3.48. The molecule has 0 unspecified atom stereocenters. The Labute approximate surface area is 62.1 Å². The van der Waals surface area contributed by atoms with Crippen molar-refractivity contribution in [2.45, 2.75) is 4.84 Å². The third-order valence-electron chi connectivity index (χ3n) is 0.399. The van der Waals surface area contributed by atoms with Gasteiger partial charge in [0.1, 0.15) is 0 Å². The van der Waals surface area contributed by atoms with Crippen molar-refractivity contribution in [1.29, 1.82) is 0 Å². The van der Waals surface area contributed by atoms with Gasteiger partial charge in [-0.1, -0.05) is 35.4 Å². The molecule has 8 heavy (non-hydrogen) atoms. The lowest BCUT2D eigenvalue weighted by Gasteiger charge is -1.94. The van der Waals surface area contributed by atoms with Gasteiger partial charge in [0.25, 0.3) is 5.91 Å². The van der Waals surface area contributed by atoms with Gasteiger partial charge in [0.05, 0.1) is 5.49 Å². The first kappa shape index (κ1) is 8.14. The van der Waals surface area contributed by atoms with Gasteiger partial charge in [0, 0.05) is 0 Å². The summed E-state index contributed by atoms with van der Waals surface area (Å²) < 4.78 is 0. The fourth-order valence-electron chi connectivity index (χ4n) is 0.121. The fourth-order valence-corrected chi connectivity index (χ4v) is 0.363. The van der Waals surface area contributed by atoms with Crippen LogP contribution >= 0.6 is 35.4 Å². The summed E-state index contributed by atoms with van der Waals surface area (Å²) in [6.07, 6.45) is 0. The minimum absolute atomic E-state index is 0.497. The van der Waals surface area contributed by atoms with Crippen molar-refractivity contribution in [3.8, 4) is 0 Å². The fraction of sp³-hybridized carbons (Fsp3) is 0.333. The predicted molar refractivity (Wildman–Crippen MR) is 37.3 cm³/mol. The van der Waals surface area contributed by atoms with Crippen molar-refractivity contribution in [3.63, 3.8) is 0 Å². The van der Waals surface area contributed by atoms with Crippen LogP contribution in [0.3, 0.4) is 0 Å². The Morgan fingerprint density at radius 2 is 2.25 bits per heavy atom. The zero-order valence-corrected chi connectivity index (χ0v) is 6.06. The van der Waals surface area contributed by atoms with Gasteiger partial charge in [-0.25, -0.2) is 0 Å². The van der Waals surface area contributed by atoms with Gasteiger partial charge in [-0.05, 0) is 0 Å². The molecule has 0 saturated carbocycles. The number of rotatable bonds is 2. The maximum Gasteiger partial charge on any atom is 0.257 e. The van der Waals surface area contributed by atoms with E-state index in [1.165, 1.54) is 0 Å². The summed E-state index contributed by atoms with van der Waals surface area (Å²) in [6, 6.07) is 0. The molecule has 2 nitrogen and oxygen atoms in total. The van der Waals surface area contributed by atoms with Crippen LogP contribution < -0.4 is 5.32 Å². The first-order chi connectivity index (χ1) is 3.68. The lowest BCUT2D eigenvalue weighted by Crippen LogP contribution is -2.25. The Kier molecular flexibility index (Phi) is 4.13. The summed E-state index contributed by atoms with van der Waals surface area (Å²) in [5.41, 5.74) is 1.06. The molecule has 0 aromatic carbocycles. The van der Waals surface area contributed by atoms with Crippen molar-refractivity contribution >= 4 is 46.8 Å². The van der Waals surface area contributed by atoms with Gasteiger partial charge in [0.2, 0.25) is 0 Å². The van der Waals surface area contributed by atoms with Gasteiger partial charge in [0.15, 0.2) is 4.84 Å². The molecule has 1 amide bonds. The molecule has 0 bridgehead atoms. The van der Waals surface area contributed by atoms with Crippen LogP contribution in [0.2, 0.25) is 0 Å². The number of carbonyl (C=O) groups is 1. The van der Waals surface area contributed by atoms with Gasteiger partial charge in [-0.3, -0.25) is 4.79 Å². The molecular formula is C3H3Cl2NOS. The third kappa shape index (κ3) is 3.18. The van der Waals surface area contributed by atoms with E-state index in [9.17, 15) is 4.79 Å². The largest absolute Gasteiger partial charge is 0.321 e. The molecule has 0 rings (SSSR count). The van der Waals surface area contributed by atoms with Crippen LogP contribution in [0, 0.1) is 0 Å². The third-order valence-corrected chi connectivity index (χ3v) is 0.914. The Bertz CT molecular complexity index is 105. The molecule has 1 N–H and O–H groups in total. The molecule has 5 heteroatoms. The van der Waals surface area contributed by atoms with Gasteiger partial charge in [-0.2, -0.15) is 0 Å². The summed E-state index contributed by atoms with van der Waals surface area (Å²) in [5, 5.41) is 2.13. The lowest BCUT2D eigenvalue weighted by molar-refractivity contribution is -0.117. The highest BCUT2D eigenvalue weighted by molar-refractivity contribution is 7.78. The molecule has 0 aliphatic rings. The molecule has 0 heterocycles. The number of halogens is 2.